The minimum absolute atomic E-state index is 0.0463. The van der Waals surface area contributed by atoms with Gasteiger partial charge >= 0.3 is 0 Å². The van der Waals surface area contributed by atoms with Crippen LogP contribution in [-0.4, -0.2) is 34.9 Å². The van der Waals surface area contributed by atoms with Gasteiger partial charge in [0.1, 0.15) is 11.5 Å². The first-order valence-corrected chi connectivity index (χ1v) is 5.16. The molecule has 0 amide bonds. The first-order valence-electron chi connectivity index (χ1n) is 5.16. The van der Waals surface area contributed by atoms with E-state index in [9.17, 15) is 0 Å². The van der Waals surface area contributed by atoms with Crippen molar-refractivity contribution in [2.75, 3.05) is 34.9 Å². The van der Waals surface area contributed by atoms with E-state index in [1.807, 2.05) is 25.2 Å². The van der Waals surface area contributed by atoms with E-state index >= 15 is 0 Å². The maximum Gasteiger partial charge on any atom is 0.124 e. The Hall–Kier alpha value is -1.26. The van der Waals surface area contributed by atoms with E-state index in [0.717, 1.165) is 23.6 Å². The highest BCUT2D eigenvalue weighted by Gasteiger charge is 2.15. The first-order chi connectivity index (χ1) is 7.76. The number of likely N-dealkylation sites (N-methyl/N-ethyl adjacent to an activating group) is 1. The van der Waals surface area contributed by atoms with E-state index in [2.05, 4.69) is 5.32 Å². The monoisotopic (exact) mass is 225 g/mol. The highest BCUT2D eigenvalue weighted by Crippen LogP contribution is 2.30. The molecule has 1 rings (SSSR count). The fourth-order valence-electron chi connectivity index (χ4n) is 1.60. The van der Waals surface area contributed by atoms with Gasteiger partial charge < -0.3 is 19.5 Å². The Kier molecular flexibility index (Phi) is 5.08. The Morgan fingerprint density at radius 1 is 1.19 bits per heavy atom. The molecule has 0 unspecified atom stereocenters. The highest BCUT2D eigenvalue weighted by molar-refractivity contribution is 5.41. The van der Waals surface area contributed by atoms with Crippen molar-refractivity contribution in [1.82, 2.24) is 5.32 Å². The van der Waals surface area contributed by atoms with Crippen LogP contribution in [0.15, 0.2) is 18.2 Å². The number of ether oxygens (including phenoxy) is 3. The molecule has 0 saturated heterocycles. The Morgan fingerprint density at radius 2 is 1.94 bits per heavy atom. The molecule has 1 N–H and O–H groups in total. The average Bonchev–Trinajstić information content (AvgIpc) is 2.35. The van der Waals surface area contributed by atoms with Crippen LogP contribution in [0.2, 0.25) is 0 Å². The fraction of sp³-hybridized carbons (Fsp3) is 0.500. The molecule has 4 heteroatoms. The quantitative estimate of drug-likeness (QED) is 0.798. The number of nitrogens with one attached hydrogen (secondary N) is 1. The first kappa shape index (κ1) is 12.8. The molecule has 0 aromatic heterocycles. The van der Waals surface area contributed by atoms with Gasteiger partial charge in [-0.2, -0.15) is 0 Å². The van der Waals surface area contributed by atoms with Crippen molar-refractivity contribution >= 4 is 0 Å². The summed E-state index contributed by atoms with van der Waals surface area (Å²) in [5, 5.41) is 3.08. The van der Waals surface area contributed by atoms with Crippen molar-refractivity contribution in [3.63, 3.8) is 0 Å². The zero-order valence-electron chi connectivity index (χ0n) is 10.2. The minimum atomic E-state index is -0.0463. The summed E-state index contributed by atoms with van der Waals surface area (Å²) in [6.45, 7) is 0.722. The number of hydrogen-bond donors (Lipinski definition) is 1. The zero-order valence-corrected chi connectivity index (χ0v) is 10.2. The van der Waals surface area contributed by atoms with Gasteiger partial charge in [-0.05, 0) is 25.2 Å². The molecule has 4 nitrogen and oxygen atoms in total. The molecule has 0 fully saturated rings. The van der Waals surface area contributed by atoms with E-state index < -0.39 is 0 Å². The Labute approximate surface area is 96.5 Å². The number of methoxy groups -OCH3 is 3. The van der Waals surface area contributed by atoms with Gasteiger partial charge in [0, 0.05) is 19.2 Å². The molecule has 1 atom stereocenters. The number of hydrogen-bond acceptors (Lipinski definition) is 4. The van der Waals surface area contributed by atoms with Crippen molar-refractivity contribution in [2.45, 2.75) is 6.10 Å². The molecule has 0 aliphatic rings. The summed E-state index contributed by atoms with van der Waals surface area (Å²) in [7, 11) is 6.86. The van der Waals surface area contributed by atoms with Crippen molar-refractivity contribution in [2.24, 2.45) is 0 Å². The summed E-state index contributed by atoms with van der Waals surface area (Å²) in [6.07, 6.45) is -0.0463. The third-order valence-corrected chi connectivity index (χ3v) is 2.46. The van der Waals surface area contributed by atoms with Crippen molar-refractivity contribution < 1.29 is 14.2 Å². The molecular weight excluding hydrogens is 206 g/mol. The maximum absolute atomic E-state index is 5.42. The van der Waals surface area contributed by atoms with Crippen LogP contribution in [0.25, 0.3) is 0 Å². The Balaban J connectivity index is 3.05. The Bertz CT molecular complexity index is 328. The molecule has 0 aliphatic heterocycles. The van der Waals surface area contributed by atoms with Gasteiger partial charge in [0.05, 0.1) is 20.3 Å². The van der Waals surface area contributed by atoms with E-state index in [4.69, 9.17) is 14.2 Å². The van der Waals surface area contributed by atoms with Crippen LogP contribution in [0.3, 0.4) is 0 Å². The molecule has 0 spiro atoms. The maximum atomic E-state index is 5.42. The van der Waals surface area contributed by atoms with E-state index in [0.29, 0.717) is 0 Å². The molecule has 0 saturated carbocycles. The van der Waals surface area contributed by atoms with Crippen molar-refractivity contribution in [3.8, 4) is 11.5 Å². The predicted molar refractivity (Wildman–Crippen MR) is 63.2 cm³/mol. The zero-order chi connectivity index (χ0) is 12.0. The fourth-order valence-corrected chi connectivity index (χ4v) is 1.60. The topological polar surface area (TPSA) is 39.7 Å². The summed E-state index contributed by atoms with van der Waals surface area (Å²) in [6, 6.07) is 5.69. The van der Waals surface area contributed by atoms with Crippen LogP contribution >= 0.6 is 0 Å². The van der Waals surface area contributed by atoms with Gasteiger partial charge in [-0.3, -0.25) is 0 Å². The second-order valence-electron chi connectivity index (χ2n) is 3.39. The highest BCUT2D eigenvalue weighted by atomic mass is 16.5. The normalized spacial score (nSPS) is 12.2. The molecular formula is C12H19NO3. The second-order valence-corrected chi connectivity index (χ2v) is 3.39. The average molecular weight is 225 g/mol. The van der Waals surface area contributed by atoms with Gasteiger partial charge in [0.25, 0.3) is 0 Å². The smallest absolute Gasteiger partial charge is 0.124 e. The van der Waals surface area contributed by atoms with E-state index in [-0.39, 0.29) is 6.10 Å². The van der Waals surface area contributed by atoms with Crippen LogP contribution in [0, 0.1) is 0 Å². The summed E-state index contributed by atoms with van der Waals surface area (Å²) in [5.41, 5.74) is 0.985. The Morgan fingerprint density at radius 3 is 2.44 bits per heavy atom. The molecule has 16 heavy (non-hydrogen) atoms. The number of benzene rings is 1. The summed E-state index contributed by atoms with van der Waals surface area (Å²) < 4.78 is 15.9. The molecule has 0 radical (unpaired) electrons. The van der Waals surface area contributed by atoms with Crippen LogP contribution < -0.4 is 14.8 Å². The summed E-state index contributed by atoms with van der Waals surface area (Å²) >= 11 is 0. The van der Waals surface area contributed by atoms with Crippen LogP contribution in [0.5, 0.6) is 11.5 Å². The van der Waals surface area contributed by atoms with E-state index in [1.165, 1.54) is 0 Å². The van der Waals surface area contributed by atoms with Crippen LogP contribution in [0.4, 0.5) is 0 Å². The molecule has 1 aromatic carbocycles. The molecule has 0 bridgehead atoms. The largest absolute Gasteiger partial charge is 0.497 e. The summed E-state index contributed by atoms with van der Waals surface area (Å²) in [5.74, 6) is 1.61. The standard InChI is InChI=1S/C12H19NO3/c1-13-8-12(16-4)10-7-9(14-2)5-6-11(10)15-3/h5-7,12-13H,8H2,1-4H3/t12-/m1/s1. The minimum Gasteiger partial charge on any atom is -0.497 e. The second kappa shape index (κ2) is 6.35. The predicted octanol–water partition coefficient (Wildman–Crippen LogP) is 1.61. The third kappa shape index (κ3) is 2.87. The summed E-state index contributed by atoms with van der Waals surface area (Å²) in [4.78, 5) is 0. The van der Waals surface area contributed by atoms with Gasteiger partial charge in [0.15, 0.2) is 0 Å². The van der Waals surface area contributed by atoms with Crippen molar-refractivity contribution in [1.29, 1.82) is 0 Å². The third-order valence-electron chi connectivity index (χ3n) is 2.46. The van der Waals surface area contributed by atoms with Crippen LogP contribution in [-0.2, 0) is 4.74 Å². The lowest BCUT2D eigenvalue weighted by molar-refractivity contribution is 0.101. The van der Waals surface area contributed by atoms with Gasteiger partial charge in [0.2, 0.25) is 0 Å². The SMILES string of the molecule is CNC[C@@H](OC)c1cc(OC)ccc1OC. The van der Waals surface area contributed by atoms with Gasteiger partial charge in [-0.25, -0.2) is 0 Å². The van der Waals surface area contributed by atoms with E-state index in [1.54, 1.807) is 21.3 Å². The van der Waals surface area contributed by atoms with Crippen LogP contribution in [0.1, 0.15) is 11.7 Å². The lowest BCUT2D eigenvalue weighted by Gasteiger charge is -2.18. The molecule has 1 aromatic rings. The van der Waals surface area contributed by atoms with Gasteiger partial charge in [-0.1, -0.05) is 0 Å². The number of rotatable bonds is 6. The van der Waals surface area contributed by atoms with Gasteiger partial charge in [-0.15, -0.1) is 0 Å². The lowest BCUT2D eigenvalue weighted by atomic mass is 10.1. The molecule has 0 heterocycles. The lowest BCUT2D eigenvalue weighted by Crippen LogP contribution is -2.19. The molecule has 0 aliphatic carbocycles. The molecule has 90 valence electrons. The van der Waals surface area contributed by atoms with Crippen molar-refractivity contribution in [3.05, 3.63) is 23.8 Å².